The van der Waals surface area contributed by atoms with Crippen LogP contribution < -0.4 is 0 Å². The molecular weight excluding hydrogens is 248 g/mol. The van der Waals surface area contributed by atoms with E-state index in [0.29, 0.717) is 12.3 Å². The third-order valence-corrected chi connectivity index (χ3v) is 5.03. The SMILES string of the molecule is COC(=O)CCc1cc2c(s1)C(C)CCC2OC. The molecule has 2 unspecified atom stereocenters. The van der Waals surface area contributed by atoms with Crippen LogP contribution in [0.3, 0.4) is 0 Å². The van der Waals surface area contributed by atoms with Crippen molar-refractivity contribution in [3.05, 3.63) is 21.4 Å². The molecule has 0 spiro atoms. The van der Waals surface area contributed by atoms with Gasteiger partial charge in [0.2, 0.25) is 0 Å². The maximum absolute atomic E-state index is 11.2. The molecule has 0 fully saturated rings. The summed E-state index contributed by atoms with van der Waals surface area (Å²) < 4.78 is 10.2. The van der Waals surface area contributed by atoms with Crippen LogP contribution in [0.25, 0.3) is 0 Å². The second-order valence-electron chi connectivity index (χ2n) is 4.81. The average Bonchev–Trinajstić information content (AvgIpc) is 2.81. The number of fused-ring (bicyclic) bond motifs is 1. The third kappa shape index (κ3) is 2.75. The molecule has 100 valence electrons. The van der Waals surface area contributed by atoms with Gasteiger partial charge in [0, 0.05) is 16.9 Å². The van der Waals surface area contributed by atoms with Crippen LogP contribution in [0, 0.1) is 0 Å². The van der Waals surface area contributed by atoms with Crippen LogP contribution in [0.15, 0.2) is 6.07 Å². The number of esters is 1. The van der Waals surface area contributed by atoms with Gasteiger partial charge < -0.3 is 9.47 Å². The summed E-state index contributed by atoms with van der Waals surface area (Å²) in [6, 6.07) is 2.22. The van der Waals surface area contributed by atoms with Crippen LogP contribution in [0.2, 0.25) is 0 Å². The van der Waals surface area contributed by atoms with Crippen molar-refractivity contribution >= 4 is 17.3 Å². The predicted octanol–water partition coefficient (Wildman–Crippen LogP) is 3.44. The van der Waals surface area contributed by atoms with Gasteiger partial charge in [-0.15, -0.1) is 11.3 Å². The molecule has 0 saturated heterocycles. The molecule has 0 aliphatic heterocycles. The van der Waals surface area contributed by atoms with Crippen molar-refractivity contribution in [3.63, 3.8) is 0 Å². The highest BCUT2D eigenvalue weighted by Gasteiger charge is 2.27. The zero-order valence-electron chi connectivity index (χ0n) is 11.2. The highest BCUT2D eigenvalue weighted by Crippen LogP contribution is 2.43. The van der Waals surface area contributed by atoms with E-state index in [4.69, 9.17) is 4.74 Å². The van der Waals surface area contributed by atoms with Crippen LogP contribution in [0.5, 0.6) is 0 Å². The van der Waals surface area contributed by atoms with Gasteiger partial charge in [-0.3, -0.25) is 4.79 Å². The Labute approximate surface area is 112 Å². The second-order valence-corrected chi connectivity index (χ2v) is 5.98. The Morgan fingerprint density at radius 1 is 1.44 bits per heavy atom. The molecule has 0 radical (unpaired) electrons. The van der Waals surface area contributed by atoms with Crippen molar-refractivity contribution in [3.8, 4) is 0 Å². The van der Waals surface area contributed by atoms with Gasteiger partial charge in [-0.1, -0.05) is 6.92 Å². The molecule has 0 saturated carbocycles. The molecule has 0 amide bonds. The van der Waals surface area contributed by atoms with Gasteiger partial charge in [0.15, 0.2) is 0 Å². The Hall–Kier alpha value is -0.870. The standard InChI is InChI=1S/C14H20O3S/c1-9-4-6-12(16-2)11-8-10(18-14(9)11)5-7-13(15)17-3/h8-9,12H,4-7H2,1-3H3. The minimum Gasteiger partial charge on any atom is -0.469 e. The number of ether oxygens (including phenoxy) is 2. The molecule has 0 N–H and O–H groups in total. The molecule has 2 rings (SSSR count). The van der Waals surface area contributed by atoms with E-state index in [2.05, 4.69) is 17.7 Å². The van der Waals surface area contributed by atoms with Gasteiger partial charge >= 0.3 is 5.97 Å². The molecule has 1 aromatic rings. The maximum atomic E-state index is 11.2. The fourth-order valence-corrected chi connectivity index (χ4v) is 3.79. The van der Waals surface area contributed by atoms with Crippen LogP contribution in [-0.4, -0.2) is 20.2 Å². The number of carbonyl (C=O) groups is 1. The fraction of sp³-hybridized carbons (Fsp3) is 0.643. The lowest BCUT2D eigenvalue weighted by Crippen LogP contribution is -2.11. The van der Waals surface area contributed by atoms with Gasteiger partial charge in [-0.05, 0) is 36.8 Å². The summed E-state index contributed by atoms with van der Waals surface area (Å²) >= 11 is 1.83. The number of carbonyl (C=O) groups excluding carboxylic acids is 1. The van der Waals surface area contributed by atoms with Gasteiger partial charge in [0.05, 0.1) is 19.6 Å². The summed E-state index contributed by atoms with van der Waals surface area (Å²) in [6.07, 6.45) is 3.75. The van der Waals surface area contributed by atoms with Crippen LogP contribution >= 0.6 is 11.3 Å². The van der Waals surface area contributed by atoms with E-state index >= 15 is 0 Å². The van der Waals surface area contributed by atoms with Gasteiger partial charge in [-0.2, -0.15) is 0 Å². The highest BCUT2D eigenvalue weighted by atomic mass is 32.1. The molecule has 2 atom stereocenters. The summed E-state index contributed by atoms with van der Waals surface area (Å²) in [4.78, 5) is 13.9. The maximum Gasteiger partial charge on any atom is 0.305 e. The van der Waals surface area contributed by atoms with Crippen molar-refractivity contribution in [2.75, 3.05) is 14.2 Å². The van der Waals surface area contributed by atoms with E-state index in [-0.39, 0.29) is 12.1 Å². The van der Waals surface area contributed by atoms with Crippen molar-refractivity contribution in [1.82, 2.24) is 0 Å². The second kappa shape index (κ2) is 5.85. The number of aryl methyl sites for hydroxylation is 1. The third-order valence-electron chi connectivity index (χ3n) is 3.59. The normalized spacial score (nSPS) is 22.6. The van der Waals surface area contributed by atoms with E-state index in [1.54, 1.807) is 7.11 Å². The van der Waals surface area contributed by atoms with E-state index in [0.717, 1.165) is 12.8 Å². The van der Waals surface area contributed by atoms with Crippen molar-refractivity contribution in [1.29, 1.82) is 0 Å². The Morgan fingerprint density at radius 3 is 2.89 bits per heavy atom. The number of thiophene rings is 1. The first-order chi connectivity index (χ1) is 8.65. The van der Waals surface area contributed by atoms with Gasteiger partial charge in [-0.25, -0.2) is 0 Å². The Kier molecular flexibility index (Phi) is 4.40. The number of hydrogen-bond acceptors (Lipinski definition) is 4. The number of methoxy groups -OCH3 is 2. The molecule has 0 aromatic carbocycles. The van der Waals surface area contributed by atoms with E-state index in [1.165, 1.54) is 28.8 Å². The summed E-state index contributed by atoms with van der Waals surface area (Å²) in [6.45, 7) is 2.27. The zero-order valence-corrected chi connectivity index (χ0v) is 12.0. The van der Waals surface area contributed by atoms with Crippen molar-refractivity contribution in [2.45, 2.75) is 44.6 Å². The Morgan fingerprint density at radius 2 is 2.22 bits per heavy atom. The van der Waals surface area contributed by atoms with Crippen LogP contribution in [0.1, 0.15) is 53.5 Å². The first-order valence-electron chi connectivity index (χ1n) is 6.37. The summed E-state index contributed by atoms with van der Waals surface area (Å²) in [5, 5.41) is 0. The number of rotatable bonds is 4. The van der Waals surface area contributed by atoms with E-state index < -0.39 is 0 Å². The van der Waals surface area contributed by atoms with Crippen LogP contribution in [-0.2, 0) is 20.7 Å². The Bertz CT molecular complexity index is 425. The van der Waals surface area contributed by atoms with Crippen molar-refractivity contribution < 1.29 is 14.3 Å². The smallest absolute Gasteiger partial charge is 0.305 e. The molecule has 18 heavy (non-hydrogen) atoms. The highest BCUT2D eigenvalue weighted by molar-refractivity contribution is 7.12. The molecule has 0 bridgehead atoms. The molecule has 1 heterocycles. The lowest BCUT2D eigenvalue weighted by atomic mass is 9.88. The van der Waals surface area contributed by atoms with E-state index in [9.17, 15) is 4.79 Å². The van der Waals surface area contributed by atoms with E-state index in [1.807, 2.05) is 11.3 Å². The quantitative estimate of drug-likeness (QED) is 0.785. The first-order valence-corrected chi connectivity index (χ1v) is 7.19. The molecule has 3 nitrogen and oxygen atoms in total. The molecule has 1 aliphatic rings. The fourth-order valence-electron chi connectivity index (χ4n) is 2.49. The molecular formula is C14H20O3S. The minimum absolute atomic E-state index is 0.141. The monoisotopic (exact) mass is 268 g/mol. The Balaban J connectivity index is 2.13. The lowest BCUT2D eigenvalue weighted by Gasteiger charge is -2.25. The lowest BCUT2D eigenvalue weighted by molar-refractivity contribution is -0.140. The minimum atomic E-state index is -0.141. The number of hydrogen-bond donors (Lipinski definition) is 0. The summed E-state index contributed by atoms with van der Waals surface area (Å²) in [5.41, 5.74) is 1.33. The first kappa shape index (κ1) is 13.6. The average molecular weight is 268 g/mol. The largest absolute Gasteiger partial charge is 0.469 e. The van der Waals surface area contributed by atoms with Gasteiger partial charge in [0.1, 0.15) is 0 Å². The van der Waals surface area contributed by atoms with Crippen molar-refractivity contribution in [2.24, 2.45) is 0 Å². The summed E-state index contributed by atoms with van der Waals surface area (Å²) in [7, 11) is 3.21. The van der Waals surface area contributed by atoms with Crippen LogP contribution in [0.4, 0.5) is 0 Å². The topological polar surface area (TPSA) is 35.5 Å². The molecule has 1 aliphatic carbocycles. The zero-order chi connectivity index (χ0) is 13.1. The van der Waals surface area contributed by atoms with Gasteiger partial charge in [0.25, 0.3) is 0 Å². The molecule has 1 aromatic heterocycles. The predicted molar refractivity (Wildman–Crippen MR) is 72.1 cm³/mol. The summed E-state index contributed by atoms with van der Waals surface area (Å²) in [5.74, 6) is 0.473. The molecule has 4 heteroatoms.